The Labute approximate surface area is 271 Å². The summed E-state index contributed by atoms with van der Waals surface area (Å²) in [6.07, 6.45) is -13.5. The SMILES string of the molecule is CN(C(=O)N(C)[C@@H]1CN(C(=O)C2CCC(n3nnnc3C(F)(F)F)CC2)C[C@@H]1c1ccc(F)cn1)c1cc(C(F)(F)F)cc(C(F)(F)F)c1. The van der Waals surface area contributed by atoms with Crippen molar-refractivity contribution in [2.75, 3.05) is 32.1 Å². The largest absolute Gasteiger partial charge is 0.453 e. The average Bonchev–Trinajstić information content (AvgIpc) is 3.72. The number of anilines is 1. The third-order valence-electron chi connectivity index (χ3n) is 8.91. The molecule has 5 rings (SSSR count). The number of benzene rings is 1. The highest BCUT2D eigenvalue weighted by atomic mass is 19.4. The Morgan fingerprint density at radius 3 is 1.98 bits per heavy atom. The number of likely N-dealkylation sites (N-methyl/N-ethyl adjacent to an activating group) is 1. The topological polar surface area (TPSA) is 100 Å². The third-order valence-corrected chi connectivity index (χ3v) is 8.91. The van der Waals surface area contributed by atoms with E-state index in [1.54, 1.807) is 0 Å². The summed E-state index contributed by atoms with van der Waals surface area (Å²) in [5, 5.41) is 9.66. The standard InChI is InChI=1S/C29H28F10N8O2/c1-44(20-10-16(27(31,32)33)9-17(11-20)28(34,35)36)26(49)45(2)23-14-46(13-21(23)22-8-5-18(30)12-40-22)24(48)15-3-6-19(7-4-15)47-25(29(37,38)39)41-42-43-47/h5,8-12,15,19,21,23H,3-4,6-7,13-14H2,1-2H3/t15?,19?,21-,23-/m1/s1. The van der Waals surface area contributed by atoms with Crippen molar-refractivity contribution in [3.63, 3.8) is 0 Å². The van der Waals surface area contributed by atoms with Crippen molar-refractivity contribution >= 4 is 17.6 Å². The van der Waals surface area contributed by atoms with Crippen LogP contribution in [0, 0.1) is 11.7 Å². The number of hydrogen-bond acceptors (Lipinski definition) is 6. The highest BCUT2D eigenvalue weighted by Crippen LogP contribution is 2.40. The number of amides is 3. The number of tetrazole rings is 1. The molecule has 2 atom stereocenters. The molecule has 1 saturated carbocycles. The van der Waals surface area contributed by atoms with Crippen LogP contribution in [-0.4, -0.2) is 80.2 Å². The summed E-state index contributed by atoms with van der Waals surface area (Å²) < 4.78 is 135. The molecular formula is C29H28F10N8O2. The summed E-state index contributed by atoms with van der Waals surface area (Å²) in [5.74, 6) is -3.66. The van der Waals surface area contributed by atoms with E-state index in [2.05, 4.69) is 20.5 Å². The van der Waals surface area contributed by atoms with Crippen LogP contribution < -0.4 is 4.90 Å². The van der Waals surface area contributed by atoms with E-state index < -0.39 is 76.9 Å². The molecule has 2 aliphatic rings. The fourth-order valence-corrected chi connectivity index (χ4v) is 6.33. The van der Waals surface area contributed by atoms with Gasteiger partial charge in [-0.2, -0.15) is 39.5 Å². The molecule has 3 amide bonds. The van der Waals surface area contributed by atoms with Gasteiger partial charge in [-0.1, -0.05) is 0 Å². The molecule has 0 radical (unpaired) electrons. The summed E-state index contributed by atoms with van der Waals surface area (Å²) in [7, 11) is 2.27. The van der Waals surface area contributed by atoms with Gasteiger partial charge in [0.05, 0.1) is 29.4 Å². The number of aromatic nitrogens is 5. The zero-order valence-electron chi connectivity index (χ0n) is 25.7. The molecule has 1 saturated heterocycles. The number of pyridine rings is 1. The summed E-state index contributed by atoms with van der Waals surface area (Å²) in [6.45, 7) is -0.156. The Morgan fingerprint density at radius 1 is 0.837 bits per heavy atom. The maximum Gasteiger partial charge on any atom is 0.453 e. The minimum Gasteiger partial charge on any atom is -0.340 e. The van der Waals surface area contributed by atoms with Gasteiger partial charge in [0.2, 0.25) is 5.91 Å². The highest BCUT2D eigenvalue weighted by Gasteiger charge is 2.45. The van der Waals surface area contributed by atoms with Gasteiger partial charge in [0, 0.05) is 50.4 Å². The van der Waals surface area contributed by atoms with Crippen LogP contribution >= 0.6 is 0 Å². The zero-order valence-corrected chi connectivity index (χ0v) is 25.7. The van der Waals surface area contributed by atoms with E-state index in [4.69, 9.17) is 0 Å². The molecule has 1 aromatic carbocycles. The van der Waals surface area contributed by atoms with Gasteiger partial charge in [0.15, 0.2) is 0 Å². The molecule has 2 fully saturated rings. The van der Waals surface area contributed by atoms with Crippen LogP contribution in [-0.2, 0) is 23.3 Å². The molecule has 0 N–H and O–H groups in total. The Bertz CT molecular complexity index is 1630. The lowest BCUT2D eigenvalue weighted by Gasteiger charge is -2.33. The van der Waals surface area contributed by atoms with Gasteiger partial charge < -0.3 is 9.80 Å². The van der Waals surface area contributed by atoms with E-state index in [1.165, 1.54) is 18.0 Å². The molecule has 10 nitrogen and oxygen atoms in total. The Morgan fingerprint density at radius 2 is 1.45 bits per heavy atom. The molecule has 0 bridgehead atoms. The van der Waals surface area contributed by atoms with Crippen molar-refractivity contribution in [3.8, 4) is 0 Å². The average molecular weight is 711 g/mol. The van der Waals surface area contributed by atoms with Crippen LogP contribution in [0.1, 0.15) is 60.3 Å². The van der Waals surface area contributed by atoms with Gasteiger partial charge in [0.25, 0.3) is 5.82 Å². The van der Waals surface area contributed by atoms with E-state index in [1.807, 2.05) is 0 Å². The minimum absolute atomic E-state index is 0.0314. The predicted octanol–water partition coefficient (Wildman–Crippen LogP) is 6.18. The van der Waals surface area contributed by atoms with Crippen molar-refractivity contribution in [2.45, 2.75) is 62.2 Å². The number of alkyl halides is 9. The van der Waals surface area contributed by atoms with E-state index >= 15 is 0 Å². The maximum absolute atomic E-state index is 13.7. The van der Waals surface area contributed by atoms with Crippen molar-refractivity contribution in [2.24, 2.45) is 5.92 Å². The van der Waals surface area contributed by atoms with Gasteiger partial charge in [-0.15, -0.1) is 5.10 Å². The van der Waals surface area contributed by atoms with Gasteiger partial charge in [-0.05, 0) is 66.4 Å². The molecule has 2 aromatic heterocycles. The minimum atomic E-state index is -5.15. The molecule has 1 aliphatic heterocycles. The molecule has 0 spiro atoms. The second-order valence-electron chi connectivity index (χ2n) is 12.0. The first-order chi connectivity index (χ1) is 22.8. The summed E-state index contributed by atoms with van der Waals surface area (Å²) in [4.78, 5) is 34.5. The van der Waals surface area contributed by atoms with Crippen LogP contribution in [0.4, 0.5) is 54.4 Å². The lowest BCUT2D eigenvalue weighted by molar-refractivity contribution is -0.149. The van der Waals surface area contributed by atoms with Gasteiger partial charge in [0.1, 0.15) is 5.82 Å². The fraction of sp³-hybridized carbons (Fsp3) is 0.517. The number of carbonyl (C=O) groups is 2. The van der Waals surface area contributed by atoms with Crippen molar-refractivity contribution in [3.05, 3.63) is 65.0 Å². The Balaban J connectivity index is 1.36. The van der Waals surface area contributed by atoms with Crippen molar-refractivity contribution < 1.29 is 53.5 Å². The molecule has 0 unspecified atom stereocenters. The first-order valence-electron chi connectivity index (χ1n) is 14.8. The van der Waals surface area contributed by atoms with Gasteiger partial charge in [-0.3, -0.25) is 14.7 Å². The lowest BCUT2D eigenvalue weighted by Crippen LogP contribution is -2.48. The number of urea groups is 1. The normalized spacial score (nSPS) is 21.9. The predicted molar refractivity (Wildman–Crippen MR) is 149 cm³/mol. The molecule has 1 aliphatic carbocycles. The molecule has 49 heavy (non-hydrogen) atoms. The van der Waals surface area contributed by atoms with E-state index in [-0.39, 0.29) is 56.4 Å². The summed E-state index contributed by atoms with van der Waals surface area (Å²) >= 11 is 0. The number of rotatable bonds is 5. The zero-order chi connectivity index (χ0) is 36.1. The first-order valence-corrected chi connectivity index (χ1v) is 14.8. The smallest absolute Gasteiger partial charge is 0.340 e. The van der Waals surface area contributed by atoms with Gasteiger partial charge >= 0.3 is 24.6 Å². The molecule has 3 aromatic rings. The van der Waals surface area contributed by atoms with Crippen LogP contribution in [0.15, 0.2) is 36.5 Å². The molecule has 3 heterocycles. The second kappa shape index (κ2) is 13.1. The number of nitrogens with zero attached hydrogens (tertiary/aromatic N) is 8. The van der Waals surface area contributed by atoms with Crippen molar-refractivity contribution in [1.29, 1.82) is 0 Å². The lowest BCUT2D eigenvalue weighted by atomic mass is 9.85. The maximum atomic E-state index is 13.7. The number of halogens is 10. The van der Waals surface area contributed by atoms with Crippen LogP contribution in [0.5, 0.6) is 0 Å². The number of hydrogen-bond donors (Lipinski definition) is 0. The fourth-order valence-electron chi connectivity index (χ4n) is 6.33. The Kier molecular flexibility index (Phi) is 9.54. The van der Waals surface area contributed by atoms with Crippen molar-refractivity contribution in [1.82, 2.24) is 35.0 Å². The quantitative estimate of drug-likeness (QED) is 0.294. The van der Waals surface area contributed by atoms with E-state index in [0.29, 0.717) is 21.7 Å². The van der Waals surface area contributed by atoms with Crippen LogP contribution in [0.2, 0.25) is 0 Å². The Hall–Kier alpha value is -4.52. The van der Waals surface area contributed by atoms with Crippen LogP contribution in [0.3, 0.4) is 0 Å². The number of likely N-dealkylation sites (tertiary alicyclic amines) is 1. The monoisotopic (exact) mass is 710 g/mol. The molecule has 20 heteroatoms. The first kappa shape index (κ1) is 35.8. The third kappa shape index (κ3) is 7.56. The second-order valence-corrected chi connectivity index (χ2v) is 12.0. The van der Waals surface area contributed by atoms with E-state index in [0.717, 1.165) is 24.2 Å². The highest BCUT2D eigenvalue weighted by molar-refractivity contribution is 5.92. The summed E-state index contributed by atoms with van der Waals surface area (Å²) in [6, 6.07) is 0.592. The summed E-state index contributed by atoms with van der Waals surface area (Å²) in [5.41, 5.74) is -3.65. The number of carbonyl (C=O) groups excluding carboxylic acids is 2. The van der Waals surface area contributed by atoms with E-state index in [9.17, 15) is 53.5 Å². The van der Waals surface area contributed by atoms with Crippen LogP contribution in [0.25, 0.3) is 0 Å². The molecular weight excluding hydrogens is 682 g/mol. The van der Waals surface area contributed by atoms with Gasteiger partial charge in [-0.25, -0.2) is 13.9 Å². The molecule has 266 valence electrons.